The molecule has 0 bridgehead atoms. The van der Waals surface area contributed by atoms with E-state index in [1.807, 2.05) is 0 Å². The molecule has 0 aliphatic carbocycles. The Bertz CT molecular complexity index is 1440. The van der Waals surface area contributed by atoms with E-state index in [2.05, 4.69) is 20.4 Å². The van der Waals surface area contributed by atoms with Crippen LogP contribution in [0.4, 0.5) is 4.39 Å². The first-order valence-corrected chi connectivity index (χ1v) is 12.3. The molecule has 0 aliphatic rings. The fourth-order valence-electron chi connectivity index (χ4n) is 3.61. The average molecular weight is 484 g/mol. The van der Waals surface area contributed by atoms with Crippen molar-refractivity contribution in [2.24, 2.45) is 0 Å². The van der Waals surface area contributed by atoms with E-state index >= 15 is 0 Å². The molecule has 11 heteroatoms. The van der Waals surface area contributed by atoms with Crippen molar-refractivity contribution >= 4 is 26.6 Å². The monoisotopic (exact) mass is 483 g/mol. The molecule has 1 atom stereocenters. The summed E-state index contributed by atoms with van der Waals surface area (Å²) in [4.78, 5) is 21.3. The Morgan fingerprint density at radius 1 is 1.18 bits per heavy atom. The number of nitrogens with zero attached hydrogens (tertiary/aromatic N) is 4. The number of aliphatic hydroxyl groups is 1. The summed E-state index contributed by atoms with van der Waals surface area (Å²) in [5.74, 6) is -0.806. The molecule has 0 saturated heterocycles. The Kier molecular flexibility index (Phi) is 6.66. The SMILES string of the molecule is CS(=O)(=O)c1cc(C(CCCO)NC(=O)c2cncc3c2cnn3-c2ccc(F)cc2)ccn1. The van der Waals surface area contributed by atoms with Crippen molar-refractivity contribution in [3.05, 3.63) is 78.1 Å². The summed E-state index contributed by atoms with van der Waals surface area (Å²) >= 11 is 0. The number of carbonyl (C=O) groups excluding carboxylic acids is 1. The van der Waals surface area contributed by atoms with E-state index in [4.69, 9.17) is 0 Å². The largest absolute Gasteiger partial charge is 0.396 e. The molecule has 176 valence electrons. The molecule has 0 fully saturated rings. The molecule has 4 aromatic rings. The standard InChI is InChI=1S/C23H22FN5O4S/c1-34(32,33)22-11-15(8-9-26-22)20(3-2-10-30)28-23(31)19-12-25-14-21-18(19)13-27-29(21)17-6-4-16(24)5-7-17/h4-9,11-14,20,30H,2-3,10H2,1H3,(H,28,31). The summed E-state index contributed by atoms with van der Waals surface area (Å²) in [6.45, 7) is -0.0854. The van der Waals surface area contributed by atoms with E-state index in [0.29, 0.717) is 35.0 Å². The van der Waals surface area contributed by atoms with Crippen molar-refractivity contribution in [3.8, 4) is 5.69 Å². The number of halogens is 1. The summed E-state index contributed by atoms with van der Waals surface area (Å²) in [7, 11) is -3.53. The van der Waals surface area contributed by atoms with Gasteiger partial charge in [0.2, 0.25) is 0 Å². The Morgan fingerprint density at radius 3 is 2.65 bits per heavy atom. The minimum Gasteiger partial charge on any atom is -0.396 e. The molecule has 1 unspecified atom stereocenters. The lowest BCUT2D eigenvalue weighted by molar-refractivity contribution is 0.0933. The molecule has 0 spiro atoms. The van der Waals surface area contributed by atoms with E-state index in [9.17, 15) is 22.7 Å². The van der Waals surface area contributed by atoms with E-state index in [-0.39, 0.29) is 23.0 Å². The Labute approximate surface area is 195 Å². The smallest absolute Gasteiger partial charge is 0.254 e. The van der Waals surface area contributed by atoms with Gasteiger partial charge >= 0.3 is 0 Å². The number of sulfone groups is 1. The van der Waals surface area contributed by atoms with Crippen LogP contribution in [0.2, 0.25) is 0 Å². The number of hydrogen-bond donors (Lipinski definition) is 2. The van der Waals surface area contributed by atoms with Crippen LogP contribution in [0.1, 0.15) is 34.8 Å². The van der Waals surface area contributed by atoms with Gasteiger partial charge in [-0.05, 0) is 54.8 Å². The molecule has 1 amide bonds. The van der Waals surface area contributed by atoms with Gasteiger partial charge < -0.3 is 10.4 Å². The topological polar surface area (TPSA) is 127 Å². The number of nitrogens with one attached hydrogen (secondary N) is 1. The zero-order valence-corrected chi connectivity index (χ0v) is 19.0. The number of carbonyl (C=O) groups is 1. The zero-order valence-electron chi connectivity index (χ0n) is 18.2. The van der Waals surface area contributed by atoms with Gasteiger partial charge in [-0.1, -0.05) is 0 Å². The third-order valence-electron chi connectivity index (χ3n) is 5.31. The van der Waals surface area contributed by atoms with Gasteiger partial charge in [0, 0.05) is 30.6 Å². The number of pyridine rings is 2. The van der Waals surface area contributed by atoms with E-state index in [1.165, 1.54) is 36.8 Å². The van der Waals surface area contributed by atoms with Crippen molar-refractivity contribution in [1.29, 1.82) is 0 Å². The minimum atomic E-state index is -3.53. The molecule has 0 radical (unpaired) electrons. The molecule has 3 aromatic heterocycles. The van der Waals surface area contributed by atoms with Gasteiger partial charge in [-0.3, -0.25) is 9.78 Å². The molecule has 2 N–H and O–H groups in total. The lowest BCUT2D eigenvalue weighted by atomic mass is 10.0. The van der Waals surface area contributed by atoms with Gasteiger partial charge in [0.05, 0.1) is 35.2 Å². The molecule has 0 aliphatic heterocycles. The summed E-state index contributed by atoms with van der Waals surface area (Å²) in [5.41, 5.74) is 2.01. The Morgan fingerprint density at radius 2 is 1.94 bits per heavy atom. The maximum absolute atomic E-state index is 13.3. The first-order valence-electron chi connectivity index (χ1n) is 10.4. The fourth-order valence-corrected chi connectivity index (χ4v) is 4.21. The minimum absolute atomic E-state index is 0.0854. The first-order chi connectivity index (χ1) is 16.3. The summed E-state index contributed by atoms with van der Waals surface area (Å²) in [6.07, 6.45) is 7.73. The highest BCUT2D eigenvalue weighted by molar-refractivity contribution is 7.90. The lowest BCUT2D eigenvalue weighted by Gasteiger charge is -2.19. The number of amides is 1. The predicted molar refractivity (Wildman–Crippen MR) is 123 cm³/mol. The summed E-state index contributed by atoms with van der Waals surface area (Å²) in [5, 5.41) is 17.0. The van der Waals surface area contributed by atoms with Gasteiger partial charge in [-0.25, -0.2) is 22.5 Å². The van der Waals surface area contributed by atoms with Gasteiger partial charge in [0.15, 0.2) is 14.9 Å². The van der Waals surface area contributed by atoms with Gasteiger partial charge in [0.25, 0.3) is 5.91 Å². The van der Waals surface area contributed by atoms with Crippen LogP contribution in [0.25, 0.3) is 16.6 Å². The van der Waals surface area contributed by atoms with Crippen molar-refractivity contribution in [2.75, 3.05) is 12.9 Å². The maximum Gasteiger partial charge on any atom is 0.254 e. The normalized spacial score (nSPS) is 12.6. The highest BCUT2D eigenvalue weighted by Crippen LogP contribution is 2.24. The Balaban J connectivity index is 1.67. The molecule has 4 rings (SSSR count). The van der Waals surface area contributed by atoms with Crippen LogP contribution < -0.4 is 5.32 Å². The lowest BCUT2D eigenvalue weighted by Crippen LogP contribution is -2.29. The van der Waals surface area contributed by atoms with Crippen LogP contribution in [-0.4, -0.2) is 52.0 Å². The van der Waals surface area contributed by atoms with Gasteiger partial charge in [-0.15, -0.1) is 0 Å². The second kappa shape index (κ2) is 9.65. The van der Waals surface area contributed by atoms with E-state index < -0.39 is 21.8 Å². The molecule has 3 heterocycles. The van der Waals surface area contributed by atoms with Gasteiger partial charge in [0.1, 0.15) is 5.82 Å². The zero-order chi connectivity index (χ0) is 24.3. The van der Waals surface area contributed by atoms with Crippen LogP contribution in [-0.2, 0) is 9.84 Å². The second-order valence-corrected chi connectivity index (χ2v) is 9.71. The molecule has 0 saturated carbocycles. The first kappa shape index (κ1) is 23.5. The maximum atomic E-state index is 13.3. The average Bonchev–Trinajstić information content (AvgIpc) is 3.26. The highest BCUT2D eigenvalue weighted by atomic mass is 32.2. The molecule has 1 aromatic carbocycles. The van der Waals surface area contributed by atoms with Crippen molar-refractivity contribution in [1.82, 2.24) is 25.1 Å². The number of fused-ring (bicyclic) bond motifs is 1. The summed E-state index contributed by atoms with van der Waals surface area (Å²) in [6, 6.07) is 8.26. The van der Waals surface area contributed by atoms with Crippen LogP contribution in [0.5, 0.6) is 0 Å². The van der Waals surface area contributed by atoms with Crippen LogP contribution in [0.15, 0.2) is 66.2 Å². The van der Waals surface area contributed by atoms with Crippen molar-refractivity contribution in [3.63, 3.8) is 0 Å². The van der Waals surface area contributed by atoms with Gasteiger partial charge in [-0.2, -0.15) is 5.10 Å². The van der Waals surface area contributed by atoms with Crippen LogP contribution >= 0.6 is 0 Å². The fraction of sp³-hybridized carbons (Fsp3) is 0.217. The molecule has 9 nitrogen and oxygen atoms in total. The quantitative estimate of drug-likeness (QED) is 0.394. The molecular formula is C23H22FN5O4S. The highest BCUT2D eigenvalue weighted by Gasteiger charge is 2.21. The Hall–Kier alpha value is -3.70. The number of hydrogen-bond acceptors (Lipinski definition) is 7. The predicted octanol–water partition coefficient (Wildman–Crippen LogP) is 2.60. The second-order valence-electron chi connectivity index (χ2n) is 7.74. The number of benzene rings is 1. The van der Waals surface area contributed by atoms with E-state index in [0.717, 1.165) is 6.26 Å². The molecular weight excluding hydrogens is 461 g/mol. The number of aromatic nitrogens is 4. The van der Waals surface area contributed by atoms with Crippen molar-refractivity contribution in [2.45, 2.75) is 23.9 Å². The third-order valence-corrected chi connectivity index (χ3v) is 6.29. The van der Waals surface area contributed by atoms with Crippen LogP contribution in [0, 0.1) is 5.82 Å². The number of rotatable bonds is 8. The molecule has 34 heavy (non-hydrogen) atoms. The third kappa shape index (κ3) is 4.95. The van der Waals surface area contributed by atoms with Crippen LogP contribution in [0.3, 0.4) is 0 Å². The van der Waals surface area contributed by atoms with Crippen molar-refractivity contribution < 1.29 is 22.7 Å². The number of aliphatic hydroxyl groups excluding tert-OH is 1. The summed E-state index contributed by atoms with van der Waals surface area (Å²) < 4.78 is 38.7. The van der Waals surface area contributed by atoms with E-state index in [1.54, 1.807) is 29.1 Å².